The summed E-state index contributed by atoms with van der Waals surface area (Å²) < 4.78 is 15.9. The standard InChI is InChI=1S/C26H36N2O6/c1-15(2)12-20(32-7)13-17(5)21-10-11-22(24(29)27-14-19-8-9-19)28-23(21)26(31)34-18(6)33-25(30)16(3)4/h10-13,15-16,18-19H,8-9,14H2,1-7H3,(H,27,29)/b17-13+,20-12-. The Morgan fingerprint density at radius 1 is 1.12 bits per heavy atom. The number of amides is 1. The van der Waals surface area contributed by atoms with Crippen molar-refractivity contribution in [3.05, 3.63) is 47.0 Å². The smallest absolute Gasteiger partial charge is 0.360 e. The van der Waals surface area contributed by atoms with Crippen LogP contribution in [0.1, 0.15) is 80.9 Å². The van der Waals surface area contributed by atoms with Gasteiger partial charge >= 0.3 is 11.9 Å². The lowest BCUT2D eigenvalue weighted by molar-refractivity contribution is -0.169. The molecule has 2 rings (SSSR count). The molecule has 0 spiro atoms. The molecular formula is C26H36N2O6. The van der Waals surface area contributed by atoms with Crippen molar-refractivity contribution in [1.82, 2.24) is 10.3 Å². The van der Waals surface area contributed by atoms with Gasteiger partial charge in [-0.3, -0.25) is 9.59 Å². The minimum Gasteiger partial charge on any atom is -0.497 e. The minimum absolute atomic E-state index is 0.0414. The highest BCUT2D eigenvalue weighted by atomic mass is 16.7. The summed E-state index contributed by atoms with van der Waals surface area (Å²) in [7, 11) is 1.57. The van der Waals surface area contributed by atoms with E-state index in [1.165, 1.54) is 6.92 Å². The van der Waals surface area contributed by atoms with Crippen LogP contribution in [0.15, 0.2) is 30.0 Å². The first-order valence-electron chi connectivity index (χ1n) is 11.7. The first-order valence-corrected chi connectivity index (χ1v) is 11.7. The summed E-state index contributed by atoms with van der Waals surface area (Å²) in [5.74, 6) is -0.594. The normalized spacial score (nSPS) is 15.2. The van der Waals surface area contributed by atoms with Crippen LogP contribution in [0.4, 0.5) is 0 Å². The minimum atomic E-state index is -1.11. The quantitative estimate of drug-likeness (QED) is 0.219. The van der Waals surface area contributed by atoms with Crippen LogP contribution in [-0.2, 0) is 19.0 Å². The summed E-state index contributed by atoms with van der Waals surface area (Å²) in [6.45, 7) is 11.3. The molecule has 1 aromatic heterocycles. The SMILES string of the molecule is COC(=C\C(C)C)/C=C(\C)c1ccc(C(=O)NCC2CC2)nc1C(=O)OC(C)OC(=O)C(C)C. The van der Waals surface area contributed by atoms with Gasteiger partial charge in [-0.05, 0) is 61.5 Å². The molecular weight excluding hydrogens is 436 g/mol. The van der Waals surface area contributed by atoms with Gasteiger partial charge in [-0.15, -0.1) is 0 Å². The van der Waals surface area contributed by atoms with Crippen molar-refractivity contribution in [3.63, 3.8) is 0 Å². The van der Waals surface area contributed by atoms with E-state index in [9.17, 15) is 14.4 Å². The molecule has 0 bridgehead atoms. The van der Waals surface area contributed by atoms with E-state index in [0.717, 1.165) is 12.8 Å². The third kappa shape index (κ3) is 8.32. The van der Waals surface area contributed by atoms with E-state index in [-0.39, 0.29) is 29.1 Å². The number of carbonyl (C=O) groups excluding carboxylic acids is 3. The number of aromatic nitrogens is 1. The average Bonchev–Trinajstić information content (AvgIpc) is 3.60. The number of carbonyl (C=O) groups is 3. The molecule has 1 heterocycles. The van der Waals surface area contributed by atoms with Gasteiger partial charge in [-0.1, -0.05) is 27.7 Å². The molecule has 1 aliphatic carbocycles. The van der Waals surface area contributed by atoms with Crippen molar-refractivity contribution in [2.24, 2.45) is 17.8 Å². The van der Waals surface area contributed by atoms with Gasteiger partial charge in [0, 0.05) is 19.0 Å². The number of nitrogens with one attached hydrogen (secondary N) is 1. The molecule has 0 aliphatic heterocycles. The van der Waals surface area contributed by atoms with Gasteiger partial charge in [-0.2, -0.15) is 0 Å². The number of hydrogen-bond donors (Lipinski definition) is 1. The Hall–Kier alpha value is -3.16. The maximum atomic E-state index is 13.0. The van der Waals surface area contributed by atoms with E-state index in [2.05, 4.69) is 10.3 Å². The second-order valence-corrected chi connectivity index (χ2v) is 9.16. The molecule has 0 radical (unpaired) electrons. The number of hydrogen-bond acceptors (Lipinski definition) is 7. The summed E-state index contributed by atoms with van der Waals surface area (Å²) in [6, 6.07) is 3.24. The number of rotatable bonds is 11. The Kier molecular flexibility index (Phi) is 9.83. The lowest BCUT2D eigenvalue weighted by atomic mass is 10.0. The van der Waals surface area contributed by atoms with Gasteiger partial charge in [0.25, 0.3) is 5.91 Å². The van der Waals surface area contributed by atoms with Crippen molar-refractivity contribution >= 4 is 23.4 Å². The lowest BCUT2D eigenvalue weighted by Crippen LogP contribution is -2.28. The Morgan fingerprint density at radius 2 is 1.79 bits per heavy atom. The van der Waals surface area contributed by atoms with Gasteiger partial charge in [-0.25, -0.2) is 9.78 Å². The largest absolute Gasteiger partial charge is 0.497 e. The molecule has 1 atom stereocenters. The third-order valence-corrected chi connectivity index (χ3v) is 5.11. The molecule has 1 unspecified atom stereocenters. The number of allylic oxidation sites excluding steroid dienone is 3. The van der Waals surface area contributed by atoms with Crippen molar-refractivity contribution in [2.75, 3.05) is 13.7 Å². The van der Waals surface area contributed by atoms with Crippen LogP contribution in [-0.4, -0.2) is 42.8 Å². The van der Waals surface area contributed by atoms with Crippen LogP contribution >= 0.6 is 0 Å². The fourth-order valence-electron chi connectivity index (χ4n) is 3.03. The number of ether oxygens (including phenoxy) is 3. The average molecular weight is 473 g/mol. The van der Waals surface area contributed by atoms with Gasteiger partial charge in [0.1, 0.15) is 11.5 Å². The van der Waals surface area contributed by atoms with E-state index < -0.39 is 18.2 Å². The molecule has 0 saturated heterocycles. The number of esters is 2. The van der Waals surface area contributed by atoms with Gasteiger partial charge in [0.15, 0.2) is 5.69 Å². The monoisotopic (exact) mass is 472 g/mol. The predicted molar refractivity (Wildman–Crippen MR) is 129 cm³/mol. The molecule has 0 aromatic carbocycles. The fourth-order valence-corrected chi connectivity index (χ4v) is 3.03. The van der Waals surface area contributed by atoms with Crippen molar-refractivity contribution in [2.45, 2.75) is 60.7 Å². The predicted octanol–water partition coefficient (Wildman–Crippen LogP) is 4.51. The van der Waals surface area contributed by atoms with Gasteiger partial charge in [0.05, 0.1) is 13.0 Å². The molecule has 1 amide bonds. The number of methoxy groups -OCH3 is 1. The highest BCUT2D eigenvalue weighted by Gasteiger charge is 2.25. The van der Waals surface area contributed by atoms with Crippen LogP contribution in [0.2, 0.25) is 0 Å². The third-order valence-electron chi connectivity index (χ3n) is 5.11. The Labute approximate surface area is 201 Å². The molecule has 1 aliphatic rings. The second kappa shape index (κ2) is 12.3. The van der Waals surface area contributed by atoms with Gasteiger partial charge < -0.3 is 19.5 Å². The maximum Gasteiger partial charge on any atom is 0.360 e. The molecule has 1 aromatic rings. The van der Waals surface area contributed by atoms with E-state index in [0.29, 0.717) is 29.4 Å². The van der Waals surface area contributed by atoms with E-state index >= 15 is 0 Å². The fraction of sp³-hybridized carbons (Fsp3) is 0.538. The summed E-state index contributed by atoms with van der Waals surface area (Å²) in [5, 5.41) is 2.85. The van der Waals surface area contributed by atoms with Crippen LogP contribution in [0.3, 0.4) is 0 Å². The molecule has 186 valence electrons. The topological polar surface area (TPSA) is 104 Å². The molecule has 8 nitrogen and oxygen atoms in total. The maximum absolute atomic E-state index is 13.0. The summed E-state index contributed by atoms with van der Waals surface area (Å²) >= 11 is 0. The number of pyridine rings is 1. The first kappa shape index (κ1) is 27.1. The summed E-state index contributed by atoms with van der Waals surface area (Å²) in [5.41, 5.74) is 1.25. The van der Waals surface area contributed by atoms with Crippen LogP contribution in [0, 0.1) is 17.8 Å². The molecule has 34 heavy (non-hydrogen) atoms. The highest BCUT2D eigenvalue weighted by Crippen LogP contribution is 2.28. The van der Waals surface area contributed by atoms with Gasteiger partial charge in [0.2, 0.25) is 6.29 Å². The highest BCUT2D eigenvalue weighted by molar-refractivity contribution is 5.97. The second-order valence-electron chi connectivity index (χ2n) is 9.16. The Bertz CT molecular complexity index is 960. The summed E-state index contributed by atoms with van der Waals surface area (Å²) in [4.78, 5) is 41.8. The Balaban J connectivity index is 2.36. The van der Waals surface area contributed by atoms with E-state index in [1.54, 1.807) is 39.2 Å². The lowest BCUT2D eigenvalue weighted by Gasteiger charge is -2.17. The van der Waals surface area contributed by atoms with Crippen molar-refractivity contribution < 1.29 is 28.6 Å². The molecule has 1 saturated carbocycles. The molecule has 8 heteroatoms. The molecule has 1 fully saturated rings. The zero-order valence-electron chi connectivity index (χ0n) is 21.1. The zero-order valence-corrected chi connectivity index (χ0v) is 21.1. The van der Waals surface area contributed by atoms with E-state index in [1.807, 2.05) is 26.8 Å². The zero-order chi connectivity index (χ0) is 25.4. The van der Waals surface area contributed by atoms with Crippen LogP contribution in [0.25, 0.3) is 5.57 Å². The van der Waals surface area contributed by atoms with Crippen molar-refractivity contribution in [3.8, 4) is 0 Å². The summed E-state index contributed by atoms with van der Waals surface area (Å²) in [6.07, 6.45) is 4.84. The first-order chi connectivity index (χ1) is 16.0. The van der Waals surface area contributed by atoms with E-state index in [4.69, 9.17) is 14.2 Å². The molecule has 1 N–H and O–H groups in total. The van der Waals surface area contributed by atoms with Crippen LogP contribution < -0.4 is 5.32 Å². The number of nitrogens with zero attached hydrogens (tertiary/aromatic N) is 1. The van der Waals surface area contributed by atoms with Crippen LogP contribution in [0.5, 0.6) is 0 Å². The Morgan fingerprint density at radius 3 is 2.35 bits per heavy atom. The van der Waals surface area contributed by atoms with Crippen molar-refractivity contribution in [1.29, 1.82) is 0 Å².